The van der Waals surface area contributed by atoms with Gasteiger partial charge < -0.3 is 19.3 Å². The number of benzene rings is 2. The SMILES string of the molecule is Cc1nc(COc2cccc(C(=O)N(C)Cc3ccc(N4CCOCC4)cc3)c2)cs1. The van der Waals surface area contributed by atoms with E-state index >= 15 is 0 Å². The van der Waals surface area contributed by atoms with E-state index in [9.17, 15) is 4.79 Å². The minimum absolute atomic E-state index is 0.0350. The molecule has 162 valence electrons. The van der Waals surface area contributed by atoms with Crippen molar-refractivity contribution in [3.63, 3.8) is 0 Å². The Morgan fingerprint density at radius 1 is 1.19 bits per heavy atom. The number of carbonyl (C=O) groups is 1. The molecule has 2 aromatic carbocycles. The molecule has 0 unspecified atom stereocenters. The van der Waals surface area contributed by atoms with Crippen molar-refractivity contribution in [3.05, 3.63) is 75.7 Å². The summed E-state index contributed by atoms with van der Waals surface area (Å²) in [5, 5.41) is 3.00. The molecule has 1 aliphatic heterocycles. The highest BCUT2D eigenvalue weighted by molar-refractivity contribution is 7.09. The van der Waals surface area contributed by atoms with Crippen LogP contribution in [0.1, 0.15) is 26.6 Å². The first kappa shape index (κ1) is 21.3. The number of carbonyl (C=O) groups excluding carboxylic acids is 1. The zero-order chi connectivity index (χ0) is 21.6. The first-order valence-electron chi connectivity index (χ1n) is 10.4. The van der Waals surface area contributed by atoms with Gasteiger partial charge in [0.25, 0.3) is 5.91 Å². The number of amides is 1. The third-order valence-corrected chi connectivity index (χ3v) is 6.04. The maximum Gasteiger partial charge on any atom is 0.254 e. The third-order valence-electron chi connectivity index (χ3n) is 5.21. The normalized spacial score (nSPS) is 13.8. The van der Waals surface area contributed by atoms with Gasteiger partial charge in [-0.25, -0.2) is 4.98 Å². The molecule has 1 aromatic heterocycles. The largest absolute Gasteiger partial charge is 0.487 e. The molecular formula is C24H27N3O3S. The minimum atomic E-state index is -0.0350. The molecule has 1 aliphatic rings. The highest BCUT2D eigenvalue weighted by Crippen LogP contribution is 2.20. The summed E-state index contributed by atoms with van der Waals surface area (Å²) in [6, 6.07) is 15.7. The van der Waals surface area contributed by atoms with Crippen molar-refractivity contribution in [2.24, 2.45) is 0 Å². The van der Waals surface area contributed by atoms with Crippen molar-refractivity contribution in [1.82, 2.24) is 9.88 Å². The van der Waals surface area contributed by atoms with Crippen LogP contribution in [0.5, 0.6) is 5.75 Å². The average Bonchev–Trinajstić information content (AvgIpc) is 3.23. The highest BCUT2D eigenvalue weighted by atomic mass is 32.1. The number of aryl methyl sites for hydroxylation is 1. The number of nitrogens with zero attached hydrogens (tertiary/aromatic N) is 3. The number of hydrogen-bond acceptors (Lipinski definition) is 6. The van der Waals surface area contributed by atoms with Gasteiger partial charge in [-0.15, -0.1) is 11.3 Å². The Morgan fingerprint density at radius 2 is 1.97 bits per heavy atom. The summed E-state index contributed by atoms with van der Waals surface area (Å²) in [6.07, 6.45) is 0. The van der Waals surface area contributed by atoms with E-state index in [1.807, 2.05) is 37.6 Å². The van der Waals surface area contributed by atoms with Gasteiger partial charge in [0.15, 0.2) is 0 Å². The molecule has 3 aromatic rings. The number of rotatable bonds is 7. The number of anilines is 1. The molecule has 7 heteroatoms. The molecule has 1 saturated heterocycles. The van der Waals surface area contributed by atoms with Crippen LogP contribution in [-0.2, 0) is 17.9 Å². The van der Waals surface area contributed by atoms with Crippen molar-refractivity contribution in [2.45, 2.75) is 20.1 Å². The van der Waals surface area contributed by atoms with Crippen LogP contribution in [0, 0.1) is 6.92 Å². The Bertz CT molecular complexity index is 1010. The molecular weight excluding hydrogens is 410 g/mol. The van der Waals surface area contributed by atoms with Gasteiger partial charge in [0, 0.05) is 43.3 Å². The van der Waals surface area contributed by atoms with Gasteiger partial charge in [-0.2, -0.15) is 0 Å². The molecule has 0 aliphatic carbocycles. The lowest BCUT2D eigenvalue weighted by atomic mass is 10.1. The van der Waals surface area contributed by atoms with E-state index in [2.05, 4.69) is 34.1 Å². The van der Waals surface area contributed by atoms with Crippen LogP contribution >= 0.6 is 11.3 Å². The summed E-state index contributed by atoms with van der Waals surface area (Å²) in [7, 11) is 1.82. The van der Waals surface area contributed by atoms with E-state index in [1.54, 1.807) is 22.3 Å². The Labute approximate surface area is 187 Å². The lowest BCUT2D eigenvalue weighted by Gasteiger charge is -2.29. The average molecular weight is 438 g/mol. The number of hydrogen-bond donors (Lipinski definition) is 0. The van der Waals surface area contributed by atoms with Gasteiger partial charge in [-0.3, -0.25) is 4.79 Å². The van der Waals surface area contributed by atoms with Crippen molar-refractivity contribution in [3.8, 4) is 5.75 Å². The lowest BCUT2D eigenvalue weighted by Crippen LogP contribution is -2.36. The van der Waals surface area contributed by atoms with Crippen LogP contribution in [0.4, 0.5) is 5.69 Å². The second-order valence-electron chi connectivity index (χ2n) is 7.60. The van der Waals surface area contributed by atoms with Gasteiger partial charge in [-0.05, 0) is 42.8 Å². The molecule has 0 saturated carbocycles. The molecule has 0 radical (unpaired) electrons. The summed E-state index contributed by atoms with van der Waals surface area (Å²) in [5.41, 5.74) is 3.80. The maximum atomic E-state index is 12.9. The van der Waals surface area contributed by atoms with E-state index in [0.29, 0.717) is 24.5 Å². The fraction of sp³-hybridized carbons (Fsp3) is 0.333. The zero-order valence-electron chi connectivity index (χ0n) is 17.9. The van der Waals surface area contributed by atoms with Crippen LogP contribution in [0.3, 0.4) is 0 Å². The molecule has 0 bridgehead atoms. The molecule has 0 atom stereocenters. The van der Waals surface area contributed by atoms with Crippen molar-refractivity contribution < 1.29 is 14.3 Å². The summed E-state index contributed by atoms with van der Waals surface area (Å²) in [5.74, 6) is 0.631. The molecule has 4 rings (SSSR count). The first-order valence-corrected chi connectivity index (χ1v) is 11.3. The molecule has 1 fully saturated rings. The summed E-state index contributed by atoms with van der Waals surface area (Å²) < 4.78 is 11.2. The summed E-state index contributed by atoms with van der Waals surface area (Å²) in [6.45, 7) is 6.28. The molecule has 6 nitrogen and oxygen atoms in total. The van der Waals surface area contributed by atoms with Gasteiger partial charge in [0.1, 0.15) is 12.4 Å². The van der Waals surface area contributed by atoms with Crippen molar-refractivity contribution in [2.75, 3.05) is 38.3 Å². The minimum Gasteiger partial charge on any atom is -0.487 e. The van der Waals surface area contributed by atoms with E-state index in [-0.39, 0.29) is 5.91 Å². The zero-order valence-corrected chi connectivity index (χ0v) is 18.7. The lowest BCUT2D eigenvalue weighted by molar-refractivity contribution is 0.0784. The van der Waals surface area contributed by atoms with Gasteiger partial charge in [-0.1, -0.05) is 18.2 Å². The van der Waals surface area contributed by atoms with Crippen LogP contribution in [0.2, 0.25) is 0 Å². The smallest absolute Gasteiger partial charge is 0.254 e. The van der Waals surface area contributed by atoms with E-state index in [0.717, 1.165) is 42.6 Å². The number of aromatic nitrogens is 1. The molecule has 0 N–H and O–H groups in total. The number of ether oxygens (including phenoxy) is 2. The quantitative estimate of drug-likeness (QED) is 0.556. The van der Waals surface area contributed by atoms with Gasteiger partial charge >= 0.3 is 0 Å². The Morgan fingerprint density at radius 3 is 2.68 bits per heavy atom. The third kappa shape index (κ3) is 5.62. The van der Waals surface area contributed by atoms with E-state index in [4.69, 9.17) is 9.47 Å². The number of thiazole rings is 1. The van der Waals surface area contributed by atoms with Crippen LogP contribution in [0.25, 0.3) is 0 Å². The molecule has 1 amide bonds. The fourth-order valence-corrected chi connectivity index (χ4v) is 4.15. The second kappa shape index (κ2) is 9.94. The highest BCUT2D eigenvalue weighted by Gasteiger charge is 2.14. The molecule has 2 heterocycles. The first-order chi connectivity index (χ1) is 15.1. The molecule has 31 heavy (non-hydrogen) atoms. The fourth-order valence-electron chi connectivity index (χ4n) is 3.55. The predicted octanol–water partition coefficient (Wildman–Crippen LogP) is 4.14. The Kier molecular flexibility index (Phi) is 6.84. The van der Waals surface area contributed by atoms with Gasteiger partial charge in [0.05, 0.1) is 23.9 Å². The van der Waals surface area contributed by atoms with E-state index in [1.165, 1.54) is 5.69 Å². The van der Waals surface area contributed by atoms with Crippen molar-refractivity contribution in [1.29, 1.82) is 0 Å². The Balaban J connectivity index is 1.35. The summed E-state index contributed by atoms with van der Waals surface area (Å²) >= 11 is 1.60. The topological polar surface area (TPSA) is 54.9 Å². The van der Waals surface area contributed by atoms with Gasteiger partial charge in [0.2, 0.25) is 0 Å². The molecule has 0 spiro atoms. The van der Waals surface area contributed by atoms with E-state index < -0.39 is 0 Å². The Hall–Kier alpha value is -2.90. The van der Waals surface area contributed by atoms with Crippen LogP contribution < -0.4 is 9.64 Å². The maximum absolute atomic E-state index is 12.9. The second-order valence-corrected chi connectivity index (χ2v) is 8.66. The number of morpholine rings is 1. The summed E-state index contributed by atoms with van der Waals surface area (Å²) in [4.78, 5) is 21.4. The van der Waals surface area contributed by atoms with Crippen molar-refractivity contribution >= 4 is 22.9 Å². The van der Waals surface area contributed by atoms with Crippen LogP contribution in [-0.4, -0.2) is 49.1 Å². The van der Waals surface area contributed by atoms with Crippen LogP contribution in [0.15, 0.2) is 53.9 Å². The standard InChI is InChI=1S/C24H27N3O3S/c1-18-25-21(17-31-18)16-30-23-5-3-4-20(14-23)24(28)26(2)15-19-6-8-22(9-7-19)27-10-12-29-13-11-27/h3-9,14,17H,10-13,15-16H2,1-2H3. The predicted molar refractivity (Wildman–Crippen MR) is 123 cm³/mol. The monoisotopic (exact) mass is 437 g/mol.